The topological polar surface area (TPSA) is 95.5 Å². The number of anilines is 2. The molecule has 0 bridgehead atoms. The van der Waals surface area contributed by atoms with Crippen LogP contribution in [0.15, 0.2) is 133 Å². The Balaban J connectivity index is 0.987. The maximum Gasteiger partial charge on any atom is 0.323 e. The van der Waals surface area contributed by atoms with Crippen LogP contribution in [0.2, 0.25) is 0 Å². The van der Waals surface area contributed by atoms with E-state index in [1.54, 1.807) is 12.1 Å². The Morgan fingerprint density at radius 2 is 1.33 bits per heavy atom. The highest BCUT2D eigenvalue weighted by molar-refractivity contribution is 5.99. The Hall–Kier alpha value is -5.03. The van der Waals surface area contributed by atoms with Crippen molar-refractivity contribution in [3.05, 3.63) is 156 Å². The minimum absolute atomic E-state index is 0.00221. The summed E-state index contributed by atoms with van der Waals surface area (Å²) in [7, 11) is 0. The molecule has 2 fully saturated rings. The smallest absolute Gasteiger partial charge is 0.323 e. The van der Waals surface area contributed by atoms with E-state index < -0.39 is 6.29 Å². The molecule has 9 heteroatoms. The number of hydrogen-bond donors (Lipinski definition) is 3. The van der Waals surface area contributed by atoms with Crippen molar-refractivity contribution in [3.8, 4) is 11.5 Å². The van der Waals surface area contributed by atoms with Gasteiger partial charge in [-0.2, -0.15) is 0 Å². The second-order valence-corrected chi connectivity index (χ2v) is 13.1. The van der Waals surface area contributed by atoms with Crippen LogP contribution in [-0.2, 0) is 22.6 Å². The number of ether oxygens (including phenoxy) is 3. The molecule has 5 aromatic carbocycles. The van der Waals surface area contributed by atoms with E-state index in [9.17, 15) is 9.90 Å². The van der Waals surface area contributed by atoms with Crippen molar-refractivity contribution in [2.75, 3.05) is 43.4 Å². The molecule has 7 rings (SSSR count). The summed E-state index contributed by atoms with van der Waals surface area (Å²) < 4.78 is 19.1. The van der Waals surface area contributed by atoms with E-state index in [1.165, 1.54) is 5.56 Å². The molecule has 51 heavy (non-hydrogen) atoms. The predicted molar refractivity (Wildman–Crippen MR) is 199 cm³/mol. The number of nitrogens with one attached hydrogen (secondary N) is 2. The average molecular weight is 685 g/mol. The van der Waals surface area contributed by atoms with Crippen molar-refractivity contribution in [2.45, 2.75) is 38.1 Å². The minimum atomic E-state index is -0.618. The first-order chi connectivity index (χ1) is 25.1. The normalized spacial score (nSPS) is 19.7. The van der Waals surface area contributed by atoms with E-state index in [-0.39, 0.29) is 24.8 Å². The lowest BCUT2D eigenvalue weighted by atomic mass is 9.99. The molecule has 3 N–H and O–H groups in total. The van der Waals surface area contributed by atoms with Crippen molar-refractivity contribution in [1.29, 1.82) is 0 Å². The fourth-order valence-corrected chi connectivity index (χ4v) is 6.58. The van der Waals surface area contributed by atoms with Gasteiger partial charge in [-0.05, 0) is 65.2 Å². The number of benzene rings is 5. The Morgan fingerprint density at radius 3 is 2.06 bits per heavy atom. The van der Waals surface area contributed by atoms with Crippen LogP contribution in [0.1, 0.15) is 41.1 Å². The third kappa shape index (κ3) is 9.61. The van der Waals surface area contributed by atoms with Crippen LogP contribution >= 0.6 is 0 Å². The molecule has 2 heterocycles. The highest BCUT2D eigenvalue weighted by Gasteiger charge is 2.34. The first kappa shape index (κ1) is 34.4. The summed E-state index contributed by atoms with van der Waals surface area (Å²) in [5.74, 6) is 1.43. The third-order valence-corrected chi connectivity index (χ3v) is 9.30. The van der Waals surface area contributed by atoms with E-state index in [0.29, 0.717) is 23.5 Å². The zero-order chi connectivity index (χ0) is 34.8. The standard InChI is InChI=1S/C42H44N4O5/c47-30-32-14-16-33(17-15-32)40-27-39(29-46-24-22-45(23-25-46)28-31-8-3-1-4-9-31)50-41(51-40)34-10-7-11-36(26-34)44-42(48)43-35-18-20-38(21-19-35)49-37-12-5-2-6-13-37/h1-21,26,39-41,47H,22-25,27-30H2,(H2,43,44,48)/t39-,40+,41+/m0/s1. The summed E-state index contributed by atoms with van der Waals surface area (Å²) >= 11 is 0. The van der Waals surface area contributed by atoms with Crippen molar-refractivity contribution in [3.63, 3.8) is 0 Å². The lowest BCUT2D eigenvalue weighted by Gasteiger charge is -2.41. The maximum absolute atomic E-state index is 13.0. The zero-order valence-corrected chi connectivity index (χ0v) is 28.6. The van der Waals surface area contributed by atoms with Crippen LogP contribution in [0.4, 0.5) is 16.2 Å². The van der Waals surface area contributed by atoms with Gasteiger partial charge in [0.05, 0.1) is 18.8 Å². The SMILES string of the molecule is O=C(Nc1ccc(Oc2ccccc2)cc1)Nc1cccc([C@@H]2O[C@H](CN3CCN(Cc4ccccc4)CC3)C[C@H](c3ccc(CO)cc3)O2)c1. The molecule has 262 valence electrons. The highest BCUT2D eigenvalue weighted by Crippen LogP contribution is 2.39. The van der Waals surface area contributed by atoms with Crippen molar-refractivity contribution in [2.24, 2.45) is 0 Å². The van der Waals surface area contributed by atoms with Gasteiger partial charge >= 0.3 is 6.03 Å². The maximum atomic E-state index is 13.0. The number of aliphatic hydroxyl groups is 1. The van der Waals surface area contributed by atoms with Crippen LogP contribution in [0, 0.1) is 0 Å². The highest BCUT2D eigenvalue weighted by atomic mass is 16.7. The molecule has 5 aromatic rings. The lowest BCUT2D eigenvalue weighted by molar-refractivity contribution is -0.253. The number of carbonyl (C=O) groups excluding carboxylic acids is 1. The van der Waals surface area contributed by atoms with Gasteiger partial charge in [-0.1, -0.05) is 84.9 Å². The number of carbonyl (C=O) groups is 1. The van der Waals surface area contributed by atoms with Gasteiger partial charge in [-0.15, -0.1) is 0 Å². The molecule has 2 amide bonds. The quantitative estimate of drug-likeness (QED) is 0.130. The molecule has 2 saturated heterocycles. The second-order valence-electron chi connectivity index (χ2n) is 13.1. The number of aliphatic hydroxyl groups excluding tert-OH is 1. The Morgan fingerprint density at radius 1 is 0.667 bits per heavy atom. The molecule has 9 nitrogen and oxygen atoms in total. The molecule has 0 radical (unpaired) electrons. The van der Waals surface area contributed by atoms with Crippen LogP contribution in [0.3, 0.4) is 0 Å². The Bertz CT molecular complexity index is 1830. The van der Waals surface area contributed by atoms with Gasteiger partial charge in [0.2, 0.25) is 0 Å². The molecule has 0 saturated carbocycles. The van der Waals surface area contributed by atoms with E-state index >= 15 is 0 Å². The predicted octanol–water partition coefficient (Wildman–Crippen LogP) is 7.98. The zero-order valence-electron chi connectivity index (χ0n) is 28.6. The van der Waals surface area contributed by atoms with Crippen molar-refractivity contribution >= 4 is 17.4 Å². The van der Waals surface area contributed by atoms with Gasteiger partial charge in [-0.25, -0.2) is 4.79 Å². The molecule has 2 aliphatic heterocycles. The fraction of sp³-hybridized carbons (Fsp3) is 0.262. The third-order valence-electron chi connectivity index (χ3n) is 9.30. The molecule has 0 aromatic heterocycles. The largest absolute Gasteiger partial charge is 0.457 e. The number of piperazine rings is 1. The number of rotatable bonds is 11. The number of amides is 2. The molecule has 3 atom stereocenters. The minimum Gasteiger partial charge on any atom is -0.457 e. The van der Waals surface area contributed by atoms with E-state index in [0.717, 1.165) is 61.7 Å². The number of hydrogen-bond acceptors (Lipinski definition) is 7. The molecule has 0 aliphatic carbocycles. The van der Waals surface area contributed by atoms with Gasteiger partial charge in [0.1, 0.15) is 11.5 Å². The van der Waals surface area contributed by atoms with Crippen LogP contribution in [0.5, 0.6) is 11.5 Å². The summed E-state index contributed by atoms with van der Waals surface area (Å²) in [6.07, 6.45) is -0.141. The number of para-hydroxylation sites is 1. The van der Waals surface area contributed by atoms with Crippen LogP contribution in [0.25, 0.3) is 0 Å². The van der Waals surface area contributed by atoms with E-state index in [2.05, 4.69) is 50.8 Å². The van der Waals surface area contributed by atoms with Gasteiger partial charge in [0.25, 0.3) is 0 Å². The molecule has 0 unspecified atom stereocenters. The van der Waals surface area contributed by atoms with Crippen molar-refractivity contribution < 1.29 is 24.1 Å². The summed E-state index contributed by atoms with van der Waals surface area (Å²) in [5, 5.41) is 15.4. The summed E-state index contributed by atoms with van der Waals surface area (Å²) in [6, 6.07) is 42.6. The second kappa shape index (κ2) is 16.8. The molecule has 0 spiro atoms. The number of urea groups is 1. The first-order valence-electron chi connectivity index (χ1n) is 17.6. The summed E-state index contributed by atoms with van der Waals surface area (Å²) in [4.78, 5) is 18.0. The lowest BCUT2D eigenvalue weighted by Crippen LogP contribution is -2.49. The Labute approximate surface area is 299 Å². The molecular formula is C42H44N4O5. The van der Waals surface area contributed by atoms with Gasteiger partial charge in [-0.3, -0.25) is 9.80 Å². The fourth-order valence-electron chi connectivity index (χ4n) is 6.58. The summed E-state index contributed by atoms with van der Waals surface area (Å²) in [5.41, 5.74) is 5.34. The monoisotopic (exact) mass is 684 g/mol. The van der Waals surface area contributed by atoms with Crippen molar-refractivity contribution in [1.82, 2.24) is 9.80 Å². The first-order valence-corrected chi connectivity index (χ1v) is 17.6. The van der Waals surface area contributed by atoms with E-state index in [1.807, 2.05) is 91.0 Å². The van der Waals surface area contributed by atoms with E-state index in [4.69, 9.17) is 14.2 Å². The number of nitrogens with zero attached hydrogens (tertiary/aromatic N) is 2. The molecule has 2 aliphatic rings. The van der Waals surface area contributed by atoms with Gasteiger partial charge in [0, 0.05) is 62.6 Å². The molecular weight excluding hydrogens is 640 g/mol. The average Bonchev–Trinajstić information content (AvgIpc) is 3.17. The Kier molecular flexibility index (Phi) is 11.3. The van der Waals surface area contributed by atoms with Crippen LogP contribution in [-0.4, -0.2) is 59.8 Å². The summed E-state index contributed by atoms with van der Waals surface area (Å²) in [6.45, 7) is 5.74. The van der Waals surface area contributed by atoms with Gasteiger partial charge < -0.3 is 30.0 Å². The van der Waals surface area contributed by atoms with Crippen LogP contribution < -0.4 is 15.4 Å². The van der Waals surface area contributed by atoms with Gasteiger partial charge in [0.15, 0.2) is 6.29 Å².